The van der Waals surface area contributed by atoms with Crippen LogP contribution in [0.2, 0.25) is 0 Å². The molecule has 0 aliphatic carbocycles. The van der Waals surface area contributed by atoms with Crippen molar-refractivity contribution >= 4 is 5.82 Å². The zero-order valence-corrected chi connectivity index (χ0v) is 15.1. The minimum Gasteiger partial charge on any atom is -0.371 e. The number of aromatic nitrogens is 2. The number of nitrogens with zero attached hydrogens (tertiary/aromatic N) is 3. The van der Waals surface area contributed by atoms with Crippen LogP contribution in [0.3, 0.4) is 0 Å². The van der Waals surface area contributed by atoms with Crippen LogP contribution in [-0.2, 0) is 11.3 Å². The van der Waals surface area contributed by atoms with Gasteiger partial charge in [-0.05, 0) is 56.1 Å². The summed E-state index contributed by atoms with van der Waals surface area (Å²) in [6.07, 6.45) is 3.19. The van der Waals surface area contributed by atoms with Gasteiger partial charge < -0.3 is 10.1 Å². The van der Waals surface area contributed by atoms with Gasteiger partial charge in [-0.25, -0.2) is 4.39 Å². The molecule has 138 valence electrons. The molecule has 0 saturated carbocycles. The van der Waals surface area contributed by atoms with Gasteiger partial charge in [0, 0.05) is 19.5 Å². The van der Waals surface area contributed by atoms with E-state index in [1.165, 1.54) is 12.1 Å². The second-order valence-corrected chi connectivity index (χ2v) is 7.54. The third kappa shape index (κ3) is 4.02. The lowest BCUT2D eigenvalue weighted by Gasteiger charge is -2.39. The second-order valence-electron chi connectivity index (χ2n) is 7.54. The first-order valence-corrected chi connectivity index (χ1v) is 9.28. The molecule has 1 spiro atoms. The monoisotopic (exact) mass is 356 g/mol. The Morgan fingerprint density at radius 1 is 1.23 bits per heavy atom. The Balaban J connectivity index is 1.36. The molecule has 26 heavy (non-hydrogen) atoms. The standard InChI is InChI=1S/C20H25FN4O/c1-15-3-8-19(24-23-15)22-18-11-20(26-13-18)9-2-10-25(14-20)12-16-4-6-17(21)7-5-16/h3-8,18H,2,9-14H2,1H3,(H,22,24). The number of likely N-dealkylation sites (tertiary alicyclic amines) is 1. The van der Waals surface area contributed by atoms with Crippen LogP contribution in [0.4, 0.5) is 10.2 Å². The summed E-state index contributed by atoms with van der Waals surface area (Å²) in [5.74, 6) is 0.622. The van der Waals surface area contributed by atoms with Gasteiger partial charge in [0.2, 0.25) is 0 Å². The summed E-state index contributed by atoms with van der Waals surface area (Å²) in [6.45, 7) is 5.45. The minimum absolute atomic E-state index is 0.0892. The topological polar surface area (TPSA) is 50.3 Å². The number of hydrogen-bond acceptors (Lipinski definition) is 5. The van der Waals surface area contributed by atoms with E-state index in [0.717, 1.165) is 56.0 Å². The average Bonchev–Trinajstić information content (AvgIpc) is 3.01. The molecule has 0 bridgehead atoms. The van der Waals surface area contributed by atoms with Crippen molar-refractivity contribution in [3.8, 4) is 0 Å². The van der Waals surface area contributed by atoms with E-state index in [-0.39, 0.29) is 17.5 Å². The van der Waals surface area contributed by atoms with Crippen molar-refractivity contribution in [3.05, 3.63) is 53.5 Å². The highest BCUT2D eigenvalue weighted by Crippen LogP contribution is 2.36. The molecule has 2 aromatic rings. The van der Waals surface area contributed by atoms with E-state index in [0.29, 0.717) is 6.61 Å². The number of halogens is 1. The molecule has 0 radical (unpaired) electrons. The van der Waals surface area contributed by atoms with Crippen molar-refractivity contribution in [2.45, 2.75) is 44.4 Å². The molecular formula is C20H25FN4O. The molecule has 2 atom stereocenters. The number of aryl methyl sites for hydroxylation is 1. The third-order valence-electron chi connectivity index (χ3n) is 5.30. The Hall–Kier alpha value is -2.05. The van der Waals surface area contributed by atoms with Gasteiger partial charge in [-0.2, -0.15) is 5.10 Å². The first-order chi connectivity index (χ1) is 12.6. The predicted molar refractivity (Wildman–Crippen MR) is 98.4 cm³/mol. The van der Waals surface area contributed by atoms with Crippen LogP contribution >= 0.6 is 0 Å². The summed E-state index contributed by atoms with van der Waals surface area (Å²) in [7, 11) is 0. The van der Waals surface area contributed by atoms with Crippen molar-refractivity contribution in [2.24, 2.45) is 0 Å². The van der Waals surface area contributed by atoms with Gasteiger partial charge in [0.1, 0.15) is 11.6 Å². The number of rotatable bonds is 4. The zero-order valence-electron chi connectivity index (χ0n) is 15.1. The van der Waals surface area contributed by atoms with Crippen molar-refractivity contribution in [1.82, 2.24) is 15.1 Å². The number of benzene rings is 1. The predicted octanol–water partition coefficient (Wildman–Crippen LogP) is 3.16. The number of nitrogens with one attached hydrogen (secondary N) is 1. The van der Waals surface area contributed by atoms with E-state index in [1.807, 2.05) is 31.2 Å². The minimum atomic E-state index is -0.184. The van der Waals surface area contributed by atoms with Crippen molar-refractivity contribution in [2.75, 3.05) is 25.0 Å². The Bertz CT molecular complexity index is 736. The molecular weight excluding hydrogens is 331 g/mol. The molecule has 1 N–H and O–H groups in total. The Labute approximate surface area is 153 Å². The van der Waals surface area contributed by atoms with Crippen LogP contribution in [0.15, 0.2) is 36.4 Å². The van der Waals surface area contributed by atoms with Crippen molar-refractivity contribution in [1.29, 1.82) is 0 Å². The lowest BCUT2D eigenvalue weighted by Crippen LogP contribution is -2.47. The van der Waals surface area contributed by atoms with Gasteiger partial charge in [0.25, 0.3) is 0 Å². The number of hydrogen-bond donors (Lipinski definition) is 1. The number of ether oxygens (including phenoxy) is 1. The van der Waals surface area contributed by atoms with Crippen LogP contribution in [0.25, 0.3) is 0 Å². The first kappa shape index (κ1) is 17.4. The van der Waals surface area contributed by atoms with E-state index in [4.69, 9.17) is 4.74 Å². The summed E-state index contributed by atoms with van der Waals surface area (Å²) >= 11 is 0. The molecule has 1 aromatic carbocycles. The van der Waals surface area contributed by atoms with Crippen LogP contribution in [0, 0.1) is 12.7 Å². The fourth-order valence-electron chi connectivity index (χ4n) is 4.08. The van der Waals surface area contributed by atoms with Gasteiger partial charge in [0.15, 0.2) is 0 Å². The van der Waals surface area contributed by atoms with Gasteiger partial charge in [-0.15, -0.1) is 5.10 Å². The molecule has 0 amide bonds. The quantitative estimate of drug-likeness (QED) is 0.912. The maximum Gasteiger partial charge on any atom is 0.148 e. The Morgan fingerprint density at radius 2 is 2.08 bits per heavy atom. The number of anilines is 1. The lowest BCUT2D eigenvalue weighted by molar-refractivity contribution is -0.0533. The van der Waals surface area contributed by atoms with E-state index in [1.54, 1.807) is 0 Å². The molecule has 2 aliphatic rings. The lowest BCUT2D eigenvalue weighted by atomic mass is 9.88. The Morgan fingerprint density at radius 3 is 2.85 bits per heavy atom. The SMILES string of the molecule is Cc1ccc(NC2COC3(CCCN(Cc4ccc(F)cc4)C3)C2)nn1. The maximum absolute atomic E-state index is 13.1. The first-order valence-electron chi connectivity index (χ1n) is 9.28. The molecule has 2 saturated heterocycles. The molecule has 2 fully saturated rings. The molecule has 1 aromatic heterocycles. The molecule has 4 rings (SSSR count). The Kier molecular flexibility index (Phi) is 4.87. The summed E-state index contributed by atoms with van der Waals surface area (Å²) in [6, 6.07) is 11.0. The normalized spacial score (nSPS) is 26.3. The van der Waals surface area contributed by atoms with Gasteiger partial charge in [0.05, 0.1) is 23.9 Å². The van der Waals surface area contributed by atoms with Crippen LogP contribution in [0.1, 0.15) is 30.5 Å². The van der Waals surface area contributed by atoms with Gasteiger partial charge in [-0.1, -0.05) is 12.1 Å². The smallest absolute Gasteiger partial charge is 0.148 e. The summed E-state index contributed by atoms with van der Waals surface area (Å²) in [4.78, 5) is 2.42. The van der Waals surface area contributed by atoms with Crippen molar-refractivity contribution in [3.63, 3.8) is 0 Å². The van der Waals surface area contributed by atoms with Crippen LogP contribution in [-0.4, -0.2) is 46.4 Å². The maximum atomic E-state index is 13.1. The van der Waals surface area contributed by atoms with Gasteiger partial charge >= 0.3 is 0 Å². The highest BCUT2D eigenvalue weighted by molar-refractivity contribution is 5.34. The molecule has 5 nitrogen and oxygen atoms in total. The molecule has 6 heteroatoms. The van der Waals surface area contributed by atoms with Gasteiger partial charge in [-0.3, -0.25) is 4.90 Å². The van der Waals surface area contributed by atoms with Crippen molar-refractivity contribution < 1.29 is 9.13 Å². The van der Waals surface area contributed by atoms with Crippen LogP contribution in [0.5, 0.6) is 0 Å². The highest BCUT2D eigenvalue weighted by Gasteiger charge is 2.43. The molecule has 2 aliphatic heterocycles. The second kappa shape index (κ2) is 7.29. The fraction of sp³-hybridized carbons (Fsp3) is 0.500. The van der Waals surface area contributed by atoms with E-state index in [9.17, 15) is 4.39 Å². The number of piperidine rings is 1. The third-order valence-corrected chi connectivity index (χ3v) is 5.30. The molecule has 3 heterocycles. The zero-order chi connectivity index (χ0) is 18.0. The highest BCUT2D eigenvalue weighted by atomic mass is 19.1. The van der Waals surface area contributed by atoms with Crippen LogP contribution < -0.4 is 5.32 Å². The summed E-state index contributed by atoms with van der Waals surface area (Å²) in [5.41, 5.74) is 1.97. The average molecular weight is 356 g/mol. The van der Waals surface area contributed by atoms with E-state index in [2.05, 4.69) is 20.4 Å². The molecule has 2 unspecified atom stereocenters. The largest absolute Gasteiger partial charge is 0.371 e. The van der Waals surface area contributed by atoms with E-state index >= 15 is 0 Å². The van der Waals surface area contributed by atoms with E-state index < -0.39 is 0 Å². The fourth-order valence-corrected chi connectivity index (χ4v) is 4.08. The summed E-state index contributed by atoms with van der Waals surface area (Å²) < 4.78 is 19.4. The summed E-state index contributed by atoms with van der Waals surface area (Å²) in [5, 5.41) is 11.7.